The van der Waals surface area contributed by atoms with E-state index in [1.807, 2.05) is 0 Å². The quantitative estimate of drug-likeness (QED) is 0.145. The summed E-state index contributed by atoms with van der Waals surface area (Å²) in [6.07, 6.45) is 0. The summed E-state index contributed by atoms with van der Waals surface area (Å²) in [6, 6.07) is 0. The van der Waals surface area contributed by atoms with Crippen LogP contribution in [0, 0.1) is 0 Å². The Bertz CT molecular complexity index is 223. The highest BCUT2D eigenvalue weighted by atomic mass is 16.5. The van der Waals surface area contributed by atoms with E-state index in [2.05, 4.69) is 10.1 Å². The first-order chi connectivity index (χ1) is 5.61. The molecule has 0 saturated carbocycles. The van der Waals surface area contributed by atoms with Crippen molar-refractivity contribution in [2.75, 3.05) is 6.54 Å². The van der Waals surface area contributed by atoms with E-state index in [0.717, 1.165) is 0 Å². The van der Waals surface area contributed by atoms with Crippen LogP contribution in [-0.2, 0) is 4.79 Å². The molecule has 0 aliphatic heterocycles. The first-order valence-electron chi connectivity index (χ1n) is 2.76. The number of nitrogens with zero attached hydrogens (tertiary/aromatic N) is 2. The van der Waals surface area contributed by atoms with E-state index in [4.69, 9.17) is 21.3 Å². The Morgan fingerprint density at radius 3 is 2.50 bits per heavy atom. The smallest absolute Gasteiger partial charge is 0.325 e. The van der Waals surface area contributed by atoms with Gasteiger partial charge in [0.1, 0.15) is 6.54 Å². The van der Waals surface area contributed by atoms with Gasteiger partial charge in [-0.3, -0.25) is 15.0 Å². The standard InChI is InChI=1S/C4H8N4O4/c5-3(7-11)4(8-12)6-1-2(9)10/h11-12H,1H2,(H2,5,7)(H,6,8)(H,9,10). The number of rotatable bonds is 2. The predicted molar refractivity (Wildman–Crippen MR) is 38.3 cm³/mol. The maximum atomic E-state index is 9.97. The maximum absolute atomic E-state index is 9.97. The number of hydrogen-bond acceptors (Lipinski definition) is 5. The van der Waals surface area contributed by atoms with E-state index >= 15 is 0 Å². The Balaban J connectivity index is 4.33. The monoisotopic (exact) mass is 176 g/mol. The van der Waals surface area contributed by atoms with Gasteiger partial charge in [-0.15, -0.1) is 0 Å². The molecule has 0 atom stereocenters. The second-order valence-corrected chi connectivity index (χ2v) is 1.66. The van der Waals surface area contributed by atoms with Crippen molar-refractivity contribution >= 4 is 17.6 Å². The zero-order valence-electron chi connectivity index (χ0n) is 5.93. The highest BCUT2D eigenvalue weighted by Crippen LogP contribution is 1.76. The summed E-state index contributed by atoms with van der Waals surface area (Å²) >= 11 is 0. The molecule has 0 rings (SSSR count). The Labute approximate surface area is 67.0 Å². The molecule has 0 amide bonds. The van der Waals surface area contributed by atoms with E-state index in [1.165, 1.54) is 5.48 Å². The van der Waals surface area contributed by atoms with Crippen molar-refractivity contribution in [1.82, 2.24) is 5.48 Å². The van der Waals surface area contributed by atoms with Gasteiger partial charge in [0.05, 0.1) is 0 Å². The molecule has 0 fully saturated rings. The molecular weight excluding hydrogens is 168 g/mol. The molecular formula is C4H8N4O4. The van der Waals surface area contributed by atoms with Gasteiger partial charge in [0, 0.05) is 0 Å². The third-order valence-corrected chi connectivity index (χ3v) is 0.829. The van der Waals surface area contributed by atoms with Crippen LogP contribution < -0.4 is 11.2 Å². The van der Waals surface area contributed by atoms with Crippen LogP contribution in [0.4, 0.5) is 0 Å². The lowest BCUT2D eigenvalue weighted by molar-refractivity contribution is -0.135. The molecule has 8 heteroatoms. The topological polar surface area (TPSA) is 141 Å². The molecule has 8 nitrogen and oxygen atoms in total. The molecule has 0 unspecified atom stereocenters. The lowest BCUT2D eigenvalue weighted by Crippen LogP contribution is -2.35. The van der Waals surface area contributed by atoms with Crippen LogP contribution in [0.15, 0.2) is 10.1 Å². The number of amidine groups is 2. The molecule has 0 spiro atoms. The maximum Gasteiger partial charge on any atom is 0.325 e. The second-order valence-electron chi connectivity index (χ2n) is 1.66. The molecule has 68 valence electrons. The summed E-state index contributed by atoms with van der Waals surface area (Å²) < 4.78 is 0. The Hall–Kier alpha value is -1.83. The molecule has 0 heterocycles. The van der Waals surface area contributed by atoms with Gasteiger partial charge in [-0.05, 0) is 0 Å². The normalized spacial score (nSPS) is 12.8. The van der Waals surface area contributed by atoms with Crippen molar-refractivity contribution in [3.63, 3.8) is 0 Å². The number of hydrogen-bond donors (Lipinski definition) is 5. The molecule has 0 bridgehead atoms. The van der Waals surface area contributed by atoms with Crippen molar-refractivity contribution < 1.29 is 20.3 Å². The van der Waals surface area contributed by atoms with Crippen molar-refractivity contribution in [1.29, 1.82) is 0 Å². The zero-order chi connectivity index (χ0) is 9.56. The van der Waals surface area contributed by atoms with Crippen LogP contribution in [0.5, 0.6) is 0 Å². The van der Waals surface area contributed by atoms with Crippen molar-refractivity contribution in [2.45, 2.75) is 0 Å². The fourth-order valence-corrected chi connectivity index (χ4v) is 0.368. The molecule has 6 N–H and O–H groups in total. The third-order valence-electron chi connectivity index (χ3n) is 0.829. The van der Waals surface area contributed by atoms with Crippen LogP contribution in [0.2, 0.25) is 0 Å². The number of nitrogens with two attached hydrogens (primary N) is 1. The molecule has 0 aromatic carbocycles. The molecule has 0 aromatic heterocycles. The number of nitrogens with one attached hydrogen (secondary N) is 1. The van der Waals surface area contributed by atoms with Gasteiger partial charge < -0.3 is 16.0 Å². The van der Waals surface area contributed by atoms with Gasteiger partial charge >= 0.3 is 5.97 Å². The van der Waals surface area contributed by atoms with Crippen LogP contribution in [0.25, 0.3) is 0 Å². The van der Waals surface area contributed by atoms with Crippen LogP contribution in [-0.4, -0.2) is 39.7 Å². The lowest BCUT2D eigenvalue weighted by Gasteiger charge is -1.99. The van der Waals surface area contributed by atoms with Gasteiger partial charge in [-0.25, -0.2) is 5.48 Å². The highest BCUT2D eigenvalue weighted by Gasteiger charge is 2.04. The van der Waals surface area contributed by atoms with Crippen molar-refractivity contribution in [3.05, 3.63) is 0 Å². The number of oxime groups is 1. The van der Waals surface area contributed by atoms with Crippen LogP contribution in [0.3, 0.4) is 0 Å². The number of aliphatic carboxylic acids is 1. The van der Waals surface area contributed by atoms with Gasteiger partial charge in [0.2, 0.25) is 5.84 Å². The van der Waals surface area contributed by atoms with Crippen LogP contribution in [0.1, 0.15) is 0 Å². The summed E-state index contributed by atoms with van der Waals surface area (Å²) in [5, 5.41) is 27.0. The molecule has 0 aromatic rings. The Morgan fingerprint density at radius 2 is 2.17 bits per heavy atom. The summed E-state index contributed by atoms with van der Waals surface area (Å²) in [5.74, 6) is -2.10. The minimum absolute atomic E-state index is 0.403. The SMILES string of the molecule is N/C(=N\O)C(=NCC(=O)O)NO. The van der Waals surface area contributed by atoms with E-state index < -0.39 is 24.2 Å². The summed E-state index contributed by atoms with van der Waals surface area (Å²) in [4.78, 5) is 13.2. The molecule has 12 heavy (non-hydrogen) atoms. The molecule has 0 radical (unpaired) electrons. The minimum Gasteiger partial charge on any atom is -0.480 e. The average Bonchev–Trinajstić information content (AvgIpc) is 2.04. The van der Waals surface area contributed by atoms with E-state index in [0.29, 0.717) is 0 Å². The zero-order valence-corrected chi connectivity index (χ0v) is 5.93. The van der Waals surface area contributed by atoms with Crippen LogP contribution >= 0.6 is 0 Å². The Morgan fingerprint density at radius 1 is 1.58 bits per heavy atom. The van der Waals surface area contributed by atoms with Gasteiger partial charge in [0.15, 0.2) is 5.84 Å². The average molecular weight is 176 g/mol. The number of carbonyl (C=O) groups is 1. The first-order valence-corrected chi connectivity index (χ1v) is 2.76. The predicted octanol–water partition coefficient (Wildman–Crippen LogP) is -1.81. The van der Waals surface area contributed by atoms with E-state index in [-0.39, 0.29) is 0 Å². The largest absolute Gasteiger partial charge is 0.480 e. The van der Waals surface area contributed by atoms with Gasteiger partial charge in [-0.2, -0.15) is 0 Å². The molecule has 0 aliphatic carbocycles. The minimum atomic E-state index is -1.20. The summed E-state index contributed by atoms with van der Waals surface area (Å²) in [6.45, 7) is -0.584. The number of carboxylic acid groups (broad SMARTS) is 1. The molecule has 0 saturated heterocycles. The number of aliphatic imine (C=N–C) groups is 1. The number of carboxylic acids is 1. The first kappa shape index (κ1) is 10.2. The fraction of sp³-hybridized carbons (Fsp3) is 0.250. The van der Waals surface area contributed by atoms with E-state index in [9.17, 15) is 4.79 Å². The van der Waals surface area contributed by atoms with Gasteiger partial charge in [-0.1, -0.05) is 5.16 Å². The lowest BCUT2D eigenvalue weighted by atomic mass is 10.5. The second kappa shape index (κ2) is 4.91. The Kier molecular flexibility index (Phi) is 4.16. The fourth-order valence-electron chi connectivity index (χ4n) is 0.368. The van der Waals surface area contributed by atoms with Crippen molar-refractivity contribution in [3.8, 4) is 0 Å². The summed E-state index contributed by atoms with van der Waals surface area (Å²) in [7, 11) is 0. The molecule has 0 aliphatic rings. The highest BCUT2D eigenvalue weighted by molar-refractivity contribution is 6.39. The third kappa shape index (κ3) is 3.37. The van der Waals surface area contributed by atoms with E-state index in [1.54, 1.807) is 0 Å². The van der Waals surface area contributed by atoms with Gasteiger partial charge in [0.25, 0.3) is 0 Å². The number of hydroxylamine groups is 1. The summed E-state index contributed by atoms with van der Waals surface area (Å²) in [5.41, 5.74) is 6.45. The van der Waals surface area contributed by atoms with Crippen molar-refractivity contribution in [2.24, 2.45) is 15.9 Å².